The molecule has 7 nitrogen and oxygen atoms in total. The molecule has 0 rings (SSSR count). The smallest absolute Gasteiger partial charge is 0.469 e. The second-order valence-corrected chi connectivity index (χ2v) is 11.2. The van der Waals surface area contributed by atoms with Crippen molar-refractivity contribution in [3.05, 3.63) is 0 Å². The fraction of sp³-hybridized carbons (Fsp3) is 0.962. The van der Waals surface area contributed by atoms with E-state index in [4.69, 9.17) is 19.6 Å². The second-order valence-electron chi connectivity index (χ2n) is 9.97. The largest absolute Gasteiger partial charge is 0.481 e. The fourth-order valence-electron chi connectivity index (χ4n) is 5.07. The van der Waals surface area contributed by atoms with E-state index in [9.17, 15) is 9.36 Å². The van der Waals surface area contributed by atoms with Crippen molar-refractivity contribution in [1.82, 2.24) is 0 Å². The quantitative estimate of drug-likeness (QED) is 0.0914. The summed E-state index contributed by atoms with van der Waals surface area (Å²) in [5.41, 5.74) is 0.577. The molecular weight excluding hydrogens is 455 g/mol. The molecule has 0 radical (unpaired) electrons. The number of unbranched alkanes of at least 4 members (excludes halogenated alkanes) is 3. The maximum Gasteiger partial charge on any atom is 0.469 e. The van der Waals surface area contributed by atoms with Crippen LogP contribution in [0.15, 0.2) is 0 Å². The molecule has 0 aromatic heterocycles. The van der Waals surface area contributed by atoms with E-state index < -0.39 is 13.8 Å². The van der Waals surface area contributed by atoms with Crippen LogP contribution in [0.3, 0.4) is 0 Å². The molecule has 0 spiro atoms. The summed E-state index contributed by atoms with van der Waals surface area (Å²) in [4.78, 5) is 28.4. The zero-order valence-corrected chi connectivity index (χ0v) is 23.3. The van der Waals surface area contributed by atoms with E-state index in [1.807, 2.05) is 0 Å². The van der Waals surface area contributed by atoms with Crippen LogP contribution in [0, 0.1) is 10.8 Å². The van der Waals surface area contributed by atoms with Gasteiger partial charge in [0, 0.05) is 19.6 Å². The van der Waals surface area contributed by atoms with Crippen LogP contribution in [0.1, 0.15) is 130 Å². The summed E-state index contributed by atoms with van der Waals surface area (Å²) in [6, 6.07) is 0. The number of rotatable bonds is 24. The average molecular weight is 509 g/mol. The molecule has 0 aliphatic heterocycles. The van der Waals surface area contributed by atoms with Gasteiger partial charge in [0.2, 0.25) is 0 Å². The molecule has 0 aliphatic rings. The minimum Gasteiger partial charge on any atom is -0.481 e. The highest BCUT2D eigenvalue weighted by atomic mass is 31.2. The van der Waals surface area contributed by atoms with Crippen LogP contribution in [0.25, 0.3) is 0 Å². The first kappa shape index (κ1) is 33.5. The molecule has 0 bridgehead atoms. The number of ether oxygens (including phenoxy) is 1. The monoisotopic (exact) mass is 508 g/mol. The predicted molar refractivity (Wildman–Crippen MR) is 138 cm³/mol. The van der Waals surface area contributed by atoms with E-state index >= 15 is 0 Å². The molecule has 0 aromatic carbocycles. The molecule has 34 heavy (non-hydrogen) atoms. The van der Waals surface area contributed by atoms with Gasteiger partial charge in [-0.1, -0.05) is 72.6 Å². The number of carbonyl (C=O) groups is 1. The Balaban J connectivity index is 4.02. The second kappa shape index (κ2) is 18.8. The number of hydrogen-bond acceptors (Lipinski definition) is 4. The Labute approximate surface area is 208 Å². The minimum atomic E-state index is -4.35. The summed E-state index contributed by atoms with van der Waals surface area (Å²) in [7, 11) is -4.35. The lowest BCUT2D eigenvalue weighted by atomic mass is 9.74. The number of carboxylic acids is 1. The molecule has 0 aliphatic carbocycles. The maximum atomic E-state index is 10.8. The van der Waals surface area contributed by atoms with Crippen molar-refractivity contribution in [3.8, 4) is 0 Å². The summed E-state index contributed by atoms with van der Waals surface area (Å²) in [6.45, 7) is 10.6. The Morgan fingerprint density at radius 1 is 0.676 bits per heavy atom. The van der Waals surface area contributed by atoms with Crippen molar-refractivity contribution in [3.63, 3.8) is 0 Å². The first-order valence-electron chi connectivity index (χ1n) is 13.6. The average Bonchev–Trinajstić information content (AvgIpc) is 2.79. The molecule has 0 saturated heterocycles. The van der Waals surface area contributed by atoms with E-state index in [1.165, 1.54) is 0 Å². The van der Waals surface area contributed by atoms with Gasteiger partial charge >= 0.3 is 13.8 Å². The predicted octanol–water partition coefficient (Wildman–Crippen LogP) is 7.49. The fourth-order valence-corrected chi connectivity index (χ4v) is 5.44. The summed E-state index contributed by atoms with van der Waals surface area (Å²) >= 11 is 0. The van der Waals surface area contributed by atoms with Gasteiger partial charge < -0.3 is 19.6 Å². The lowest BCUT2D eigenvalue weighted by Gasteiger charge is -2.32. The molecule has 8 heteroatoms. The highest BCUT2D eigenvalue weighted by Gasteiger charge is 2.26. The van der Waals surface area contributed by atoms with Gasteiger partial charge in [-0.05, 0) is 62.2 Å². The topological polar surface area (TPSA) is 113 Å². The third-order valence-electron chi connectivity index (χ3n) is 7.95. The highest BCUT2D eigenvalue weighted by Crippen LogP contribution is 2.40. The van der Waals surface area contributed by atoms with E-state index in [0.717, 1.165) is 103 Å². The standard InChI is InChI=1S/C26H53O7P/c1-5-25(6-2,19-11-14-23-33-34(29,30)31)17-9-12-21-32-22-13-10-18-26(7-3,8-4)20-15-16-24(27)28/h5-23H2,1-4H3,(H,27,28)(H2,29,30,31). The number of phosphoric ester groups is 1. The van der Waals surface area contributed by atoms with Crippen molar-refractivity contribution in [2.24, 2.45) is 10.8 Å². The van der Waals surface area contributed by atoms with E-state index in [0.29, 0.717) is 11.8 Å². The Bertz CT molecular complexity index is 553. The van der Waals surface area contributed by atoms with E-state index in [-0.39, 0.29) is 18.4 Å². The van der Waals surface area contributed by atoms with Crippen molar-refractivity contribution < 1.29 is 33.5 Å². The van der Waals surface area contributed by atoms with Gasteiger partial charge in [-0.2, -0.15) is 0 Å². The van der Waals surface area contributed by atoms with Crippen molar-refractivity contribution in [1.29, 1.82) is 0 Å². The van der Waals surface area contributed by atoms with Crippen LogP contribution in [-0.4, -0.2) is 40.7 Å². The van der Waals surface area contributed by atoms with Gasteiger partial charge in [0.25, 0.3) is 0 Å². The number of carboxylic acid groups (broad SMARTS) is 1. The number of hydrogen-bond donors (Lipinski definition) is 3. The first-order chi connectivity index (χ1) is 16.1. The zero-order valence-electron chi connectivity index (χ0n) is 22.4. The molecule has 0 unspecified atom stereocenters. The number of phosphoric acid groups is 1. The summed E-state index contributed by atoms with van der Waals surface area (Å²) in [6.07, 6.45) is 15.9. The third-order valence-corrected chi connectivity index (χ3v) is 8.47. The van der Waals surface area contributed by atoms with Crippen LogP contribution < -0.4 is 0 Å². The van der Waals surface area contributed by atoms with Crippen molar-refractivity contribution in [2.45, 2.75) is 130 Å². The number of aliphatic carboxylic acids is 1. The lowest BCUT2D eigenvalue weighted by Crippen LogP contribution is -2.20. The molecule has 0 atom stereocenters. The highest BCUT2D eigenvalue weighted by molar-refractivity contribution is 7.46. The van der Waals surface area contributed by atoms with Gasteiger partial charge in [-0.25, -0.2) is 4.57 Å². The molecule has 0 fully saturated rings. The zero-order chi connectivity index (χ0) is 25.9. The van der Waals surface area contributed by atoms with Crippen LogP contribution >= 0.6 is 7.82 Å². The van der Waals surface area contributed by atoms with Gasteiger partial charge in [-0.15, -0.1) is 0 Å². The Hall–Kier alpha value is -0.460. The van der Waals surface area contributed by atoms with Crippen LogP contribution in [0.4, 0.5) is 0 Å². The molecule has 3 N–H and O–H groups in total. The lowest BCUT2D eigenvalue weighted by molar-refractivity contribution is -0.137. The SMILES string of the molecule is CCC(CC)(CCCCOCCCCC(CC)(CC)CCCC(=O)O)CCCCOP(=O)(O)O. The van der Waals surface area contributed by atoms with Crippen LogP contribution in [0.2, 0.25) is 0 Å². The van der Waals surface area contributed by atoms with Crippen molar-refractivity contribution >= 4 is 13.8 Å². The van der Waals surface area contributed by atoms with Crippen molar-refractivity contribution in [2.75, 3.05) is 19.8 Å². The van der Waals surface area contributed by atoms with Gasteiger partial charge in [0.1, 0.15) is 0 Å². The molecule has 0 heterocycles. The molecule has 204 valence electrons. The van der Waals surface area contributed by atoms with Gasteiger partial charge in [0.15, 0.2) is 0 Å². The summed E-state index contributed by atoms with van der Waals surface area (Å²) < 4.78 is 21.2. The third kappa shape index (κ3) is 16.3. The molecule has 0 saturated carbocycles. The molecule has 0 amide bonds. The summed E-state index contributed by atoms with van der Waals surface area (Å²) in [5, 5.41) is 8.90. The van der Waals surface area contributed by atoms with E-state index in [1.54, 1.807) is 0 Å². The van der Waals surface area contributed by atoms with Crippen LogP contribution in [0.5, 0.6) is 0 Å². The van der Waals surface area contributed by atoms with Crippen LogP contribution in [-0.2, 0) is 18.6 Å². The first-order valence-corrected chi connectivity index (χ1v) is 15.1. The summed E-state index contributed by atoms with van der Waals surface area (Å²) in [5.74, 6) is -0.697. The Morgan fingerprint density at radius 2 is 1.06 bits per heavy atom. The van der Waals surface area contributed by atoms with E-state index in [2.05, 4.69) is 32.2 Å². The Kier molecular flexibility index (Phi) is 18.5. The normalized spacial score (nSPS) is 12.9. The molecular formula is C26H53O7P. The molecule has 0 aromatic rings. The van der Waals surface area contributed by atoms with Gasteiger partial charge in [0.05, 0.1) is 6.61 Å². The maximum absolute atomic E-state index is 10.8. The minimum absolute atomic E-state index is 0.113. The Morgan fingerprint density at radius 3 is 1.41 bits per heavy atom. The van der Waals surface area contributed by atoms with Gasteiger partial charge in [-0.3, -0.25) is 9.32 Å².